The Morgan fingerprint density at radius 3 is 2.41 bits per heavy atom. The molecule has 13 heteroatoms. The maximum absolute atomic E-state index is 12.9. The molecule has 2 amide bonds. The van der Waals surface area contributed by atoms with Gasteiger partial charge in [0.1, 0.15) is 11.8 Å². The van der Waals surface area contributed by atoms with Gasteiger partial charge in [-0.15, -0.1) is 0 Å². The van der Waals surface area contributed by atoms with Crippen molar-refractivity contribution < 1.29 is 24.2 Å². The van der Waals surface area contributed by atoms with Gasteiger partial charge < -0.3 is 36.8 Å². The van der Waals surface area contributed by atoms with Crippen LogP contribution in [0, 0.1) is 5.41 Å². The predicted octanol–water partition coefficient (Wildman–Crippen LogP) is 3.38. The molecule has 2 atom stereocenters. The molecule has 0 aromatic heterocycles. The van der Waals surface area contributed by atoms with Crippen LogP contribution < -0.4 is 31.7 Å². The van der Waals surface area contributed by atoms with Gasteiger partial charge >= 0.3 is 5.97 Å². The average Bonchev–Trinajstić information content (AvgIpc) is 2.93. The molecule has 3 aromatic carbocycles. The van der Waals surface area contributed by atoms with E-state index in [0.29, 0.717) is 30.0 Å². The molecule has 4 rings (SSSR count). The van der Waals surface area contributed by atoms with Gasteiger partial charge in [-0.1, -0.05) is 53.5 Å². The number of halogens is 2. The van der Waals surface area contributed by atoms with Gasteiger partial charge in [0.15, 0.2) is 5.96 Å². The summed E-state index contributed by atoms with van der Waals surface area (Å²) in [6.45, 7) is -0.0420. The molecule has 0 saturated carbocycles. The third-order valence-corrected chi connectivity index (χ3v) is 6.92. The summed E-state index contributed by atoms with van der Waals surface area (Å²) in [7, 11) is 0. The summed E-state index contributed by atoms with van der Waals surface area (Å²) in [6, 6.07) is 16.1. The maximum atomic E-state index is 12.9. The van der Waals surface area contributed by atoms with Gasteiger partial charge in [-0.2, -0.15) is 0 Å². The molecule has 0 saturated heterocycles. The monoisotopic (exact) mass is 598 g/mol. The molecule has 41 heavy (non-hydrogen) atoms. The van der Waals surface area contributed by atoms with Crippen molar-refractivity contribution in [3.8, 4) is 16.9 Å². The molecule has 0 radical (unpaired) electrons. The van der Waals surface area contributed by atoms with Crippen LogP contribution in [0.5, 0.6) is 5.75 Å². The van der Waals surface area contributed by atoms with Gasteiger partial charge in [0.05, 0.1) is 28.8 Å². The number of amides is 2. The fourth-order valence-electron chi connectivity index (χ4n) is 4.35. The van der Waals surface area contributed by atoms with E-state index in [-0.39, 0.29) is 40.7 Å². The van der Waals surface area contributed by atoms with E-state index in [1.165, 1.54) is 0 Å². The second-order valence-electron chi connectivity index (χ2n) is 9.21. The lowest BCUT2D eigenvalue weighted by Gasteiger charge is -2.27. The van der Waals surface area contributed by atoms with E-state index in [9.17, 15) is 19.5 Å². The van der Waals surface area contributed by atoms with E-state index in [1.807, 2.05) is 30.3 Å². The Hall–Kier alpha value is -4.32. The number of carboxylic acids is 1. The molecular formula is C28H28Cl2N6O5. The highest BCUT2D eigenvalue weighted by Crippen LogP contribution is 2.34. The van der Waals surface area contributed by atoms with Gasteiger partial charge in [-0.3, -0.25) is 15.0 Å². The number of carboxylic acid groups (broad SMARTS) is 1. The largest absolute Gasteiger partial charge is 0.493 e. The number of nitrogens with one attached hydrogen (secondary N) is 5. The number of ether oxygens (including phenoxy) is 1. The van der Waals surface area contributed by atoms with Crippen molar-refractivity contribution in [1.29, 1.82) is 5.41 Å². The second-order valence-corrected chi connectivity index (χ2v) is 10.0. The lowest BCUT2D eigenvalue weighted by Crippen LogP contribution is -2.49. The quantitative estimate of drug-likeness (QED) is 0.137. The van der Waals surface area contributed by atoms with E-state index in [2.05, 4.69) is 21.3 Å². The van der Waals surface area contributed by atoms with Crippen LogP contribution in [0.3, 0.4) is 0 Å². The van der Waals surface area contributed by atoms with Crippen LogP contribution in [0.25, 0.3) is 11.1 Å². The number of benzene rings is 3. The second kappa shape index (κ2) is 13.4. The van der Waals surface area contributed by atoms with Crippen LogP contribution in [0.4, 0.5) is 5.69 Å². The number of hydrogen-bond donors (Lipinski definition) is 7. The van der Waals surface area contributed by atoms with E-state index >= 15 is 0 Å². The lowest BCUT2D eigenvalue weighted by molar-refractivity contribution is -0.139. The number of guanidine groups is 1. The summed E-state index contributed by atoms with van der Waals surface area (Å²) >= 11 is 12.7. The van der Waals surface area contributed by atoms with Gasteiger partial charge in [0.2, 0.25) is 5.91 Å². The maximum Gasteiger partial charge on any atom is 0.328 e. The standard InChI is InChI=1S/C28H28Cl2N6O5/c29-19-10-16(15-4-2-1-3-5-15)11-20(30)25(19)26(38)36-22(27(39)40)13-34-24(37)14-33-21-8-9-41-23-7-6-17(12-18(21)23)35-28(31)32/h1-7,10-12,21-22,33H,8-9,13-14H2,(H,34,37)(H,36,38)(H,39,40)(H4,31,32,35)/t21?,22-/m0/s1. The van der Waals surface area contributed by atoms with E-state index in [1.54, 1.807) is 30.3 Å². The Morgan fingerprint density at radius 1 is 1.05 bits per heavy atom. The molecule has 0 fully saturated rings. The smallest absolute Gasteiger partial charge is 0.328 e. The highest BCUT2D eigenvalue weighted by molar-refractivity contribution is 6.40. The summed E-state index contributed by atoms with van der Waals surface area (Å²) in [6.07, 6.45) is 0.586. The number of carbonyl (C=O) groups excluding carboxylic acids is 2. The Labute approximate surface area is 245 Å². The molecule has 8 N–H and O–H groups in total. The third-order valence-electron chi connectivity index (χ3n) is 6.32. The van der Waals surface area contributed by atoms with Crippen molar-refractivity contribution in [3.63, 3.8) is 0 Å². The van der Waals surface area contributed by atoms with Crippen LogP contribution in [0.1, 0.15) is 28.4 Å². The van der Waals surface area contributed by atoms with Crippen molar-refractivity contribution in [1.82, 2.24) is 16.0 Å². The number of fused-ring (bicyclic) bond motifs is 1. The molecule has 214 valence electrons. The van der Waals surface area contributed by atoms with Crippen LogP contribution >= 0.6 is 23.2 Å². The molecule has 11 nitrogen and oxygen atoms in total. The molecule has 0 spiro atoms. The molecule has 0 aliphatic carbocycles. The number of carbonyl (C=O) groups is 3. The SMILES string of the molecule is N=C(N)Nc1ccc2c(c1)C(NCC(=O)NC[C@H](NC(=O)c1c(Cl)cc(-c3ccccc3)cc1Cl)C(=O)O)CCO2. The van der Waals surface area contributed by atoms with Gasteiger partial charge in [0.25, 0.3) is 5.91 Å². The van der Waals surface area contributed by atoms with E-state index < -0.39 is 23.8 Å². The number of hydrogen-bond acceptors (Lipinski definition) is 6. The van der Waals surface area contributed by atoms with E-state index in [4.69, 9.17) is 39.1 Å². The van der Waals surface area contributed by atoms with Crippen molar-refractivity contribution in [2.75, 3.05) is 25.0 Å². The first-order valence-corrected chi connectivity index (χ1v) is 13.3. The topological polar surface area (TPSA) is 179 Å². The van der Waals surface area contributed by atoms with Crippen LogP contribution in [0.2, 0.25) is 10.0 Å². The van der Waals surface area contributed by atoms with Crippen LogP contribution in [-0.4, -0.2) is 54.6 Å². The molecular weight excluding hydrogens is 571 g/mol. The summed E-state index contributed by atoms with van der Waals surface area (Å²) in [5, 5.41) is 27.9. The third kappa shape index (κ3) is 7.66. The first-order chi connectivity index (χ1) is 19.6. The van der Waals surface area contributed by atoms with Crippen molar-refractivity contribution in [3.05, 3.63) is 81.8 Å². The minimum Gasteiger partial charge on any atom is -0.493 e. The molecule has 0 bridgehead atoms. The Bertz CT molecular complexity index is 1450. The van der Waals surface area contributed by atoms with Crippen molar-refractivity contribution in [2.24, 2.45) is 5.73 Å². The number of anilines is 1. The highest BCUT2D eigenvalue weighted by atomic mass is 35.5. The number of nitrogens with two attached hydrogens (primary N) is 1. The minimum absolute atomic E-state index is 0.0598. The van der Waals surface area contributed by atoms with Gasteiger partial charge in [-0.05, 0) is 41.5 Å². The first-order valence-electron chi connectivity index (χ1n) is 12.6. The zero-order chi connectivity index (χ0) is 29.5. The van der Waals surface area contributed by atoms with Crippen LogP contribution in [-0.2, 0) is 9.59 Å². The van der Waals surface area contributed by atoms with Crippen LogP contribution in [0.15, 0.2) is 60.7 Å². The average molecular weight is 599 g/mol. The summed E-state index contributed by atoms with van der Waals surface area (Å²) in [5.41, 5.74) is 8.29. The van der Waals surface area contributed by atoms with Gasteiger partial charge in [0, 0.05) is 30.3 Å². The number of aliphatic carboxylic acids is 1. The number of rotatable bonds is 10. The van der Waals surface area contributed by atoms with E-state index in [0.717, 1.165) is 11.1 Å². The Balaban J connectivity index is 1.35. The zero-order valence-corrected chi connectivity index (χ0v) is 23.2. The molecule has 1 unspecified atom stereocenters. The fraction of sp³-hybridized carbons (Fsp3) is 0.214. The molecule has 1 aliphatic rings. The Morgan fingerprint density at radius 2 is 1.76 bits per heavy atom. The first kappa shape index (κ1) is 29.7. The van der Waals surface area contributed by atoms with Gasteiger partial charge in [-0.25, -0.2) is 4.79 Å². The summed E-state index contributed by atoms with van der Waals surface area (Å²) < 4.78 is 5.67. The lowest BCUT2D eigenvalue weighted by atomic mass is 10.00. The normalized spacial score (nSPS) is 14.6. The Kier molecular flexibility index (Phi) is 9.66. The van der Waals surface area contributed by atoms with Crippen molar-refractivity contribution >= 4 is 52.6 Å². The van der Waals surface area contributed by atoms with Crippen molar-refractivity contribution in [2.45, 2.75) is 18.5 Å². The zero-order valence-electron chi connectivity index (χ0n) is 21.7. The summed E-state index contributed by atoms with van der Waals surface area (Å²) in [5.74, 6) is -2.16. The predicted molar refractivity (Wildman–Crippen MR) is 157 cm³/mol. The fourth-order valence-corrected chi connectivity index (χ4v) is 5.01. The molecule has 3 aromatic rings. The highest BCUT2D eigenvalue weighted by Gasteiger charge is 2.26. The molecule has 1 heterocycles. The minimum atomic E-state index is -1.43. The molecule has 1 aliphatic heterocycles. The summed E-state index contributed by atoms with van der Waals surface area (Å²) in [4.78, 5) is 37.3.